The van der Waals surface area contributed by atoms with Gasteiger partial charge in [0.25, 0.3) is 10.0 Å². The van der Waals surface area contributed by atoms with Crippen molar-refractivity contribution in [3.05, 3.63) is 83.9 Å². The fourth-order valence-corrected chi connectivity index (χ4v) is 5.44. The molecule has 3 rings (SSSR count). The molecule has 0 bridgehead atoms. The van der Waals surface area contributed by atoms with Gasteiger partial charge in [0, 0.05) is 13.1 Å². The van der Waals surface area contributed by atoms with Crippen LogP contribution in [0.5, 0.6) is 11.5 Å². The summed E-state index contributed by atoms with van der Waals surface area (Å²) in [4.78, 5) is 28.3. The zero-order chi connectivity index (χ0) is 29.3. The van der Waals surface area contributed by atoms with Crippen LogP contribution in [-0.4, -0.2) is 58.5 Å². The average molecular weight is 568 g/mol. The van der Waals surface area contributed by atoms with E-state index in [1.807, 2.05) is 26.0 Å². The van der Waals surface area contributed by atoms with Crippen LogP contribution in [0, 0.1) is 6.92 Å². The lowest BCUT2D eigenvalue weighted by Crippen LogP contribution is -2.51. The van der Waals surface area contributed by atoms with Crippen molar-refractivity contribution in [3.63, 3.8) is 0 Å². The van der Waals surface area contributed by atoms with Crippen LogP contribution in [0.15, 0.2) is 77.7 Å². The number of aryl methyl sites for hydroxylation is 1. The van der Waals surface area contributed by atoms with Crippen LogP contribution in [0.2, 0.25) is 0 Å². The Balaban J connectivity index is 2.00. The highest BCUT2D eigenvalue weighted by Gasteiger charge is 2.32. The number of ether oxygens (including phenoxy) is 2. The van der Waals surface area contributed by atoms with Gasteiger partial charge in [0.15, 0.2) is 0 Å². The number of nitrogens with one attached hydrogen (secondary N) is 1. The quantitative estimate of drug-likeness (QED) is 0.333. The maximum atomic E-state index is 13.9. The third-order valence-electron chi connectivity index (χ3n) is 6.48. The number of sulfonamides is 1. The average Bonchev–Trinajstić information content (AvgIpc) is 2.97. The number of benzene rings is 3. The Morgan fingerprint density at radius 3 is 1.95 bits per heavy atom. The van der Waals surface area contributed by atoms with Crippen LogP contribution in [0.3, 0.4) is 0 Å². The van der Waals surface area contributed by atoms with Crippen LogP contribution in [0.1, 0.15) is 31.4 Å². The van der Waals surface area contributed by atoms with Gasteiger partial charge in [-0.05, 0) is 74.4 Å². The molecule has 1 atom stereocenters. The van der Waals surface area contributed by atoms with Gasteiger partial charge in [-0.15, -0.1) is 0 Å². The van der Waals surface area contributed by atoms with Crippen LogP contribution in [0.25, 0.3) is 0 Å². The number of carbonyl (C=O) groups is 2. The Hall–Kier alpha value is -4.05. The zero-order valence-electron chi connectivity index (χ0n) is 23.6. The second-order valence-electron chi connectivity index (χ2n) is 9.36. The summed E-state index contributed by atoms with van der Waals surface area (Å²) in [5, 5.41) is 2.83. The first-order chi connectivity index (χ1) is 19.1. The van der Waals surface area contributed by atoms with E-state index in [2.05, 4.69) is 5.32 Å². The maximum Gasteiger partial charge on any atom is 0.264 e. The summed E-state index contributed by atoms with van der Waals surface area (Å²) < 4.78 is 39.2. The highest BCUT2D eigenvalue weighted by Crippen LogP contribution is 2.26. The lowest BCUT2D eigenvalue weighted by molar-refractivity contribution is -0.139. The van der Waals surface area contributed by atoms with Gasteiger partial charge < -0.3 is 19.7 Å². The molecular weight excluding hydrogens is 530 g/mol. The summed E-state index contributed by atoms with van der Waals surface area (Å²) >= 11 is 0. The third-order valence-corrected chi connectivity index (χ3v) is 8.26. The fourth-order valence-electron chi connectivity index (χ4n) is 4.02. The fraction of sp³-hybridized carbons (Fsp3) is 0.333. The predicted molar refractivity (Wildman–Crippen MR) is 155 cm³/mol. The topological polar surface area (TPSA) is 105 Å². The number of carbonyl (C=O) groups excluding carboxylic acids is 2. The Morgan fingerprint density at radius 1 is 0.875 bits per heavy atom. The van der Waals surface area contributed by atoms with E-state index < -0.39 is 28.5 Å². The van der Waals surface area contributed by atoms with E-state index in [1.54, 1.807) is 62.6 Å². The monoisotopic (exact) mass is 567 g/mol. The van der Waals surface area contributed by atoms with Gasteiger partial charge in [-0.2, -0.15) is 0 Å². The molecule has 3 aromatic carbocycles. The van der Waals surface area contributed by atoms with E-state index >= 15 is 0 Å². The number of anilines is 1. The molecule has 0 aliphatic carbocycles. The van der Waals surface area contributed by atoms with Crippen LogP contribution in [-0.2, 0) is 26.2 Å². The van der Waals surface area contributed by atoms with Crippen molar-refractivity contribution in [2.75, 3.05) is 31.6 Å². The standard InChI is InChI=1S/C30H37N3O6S/c1-6-19-31-30(35)23(3)32(20-24-9-13-26(38-4)14-10-24)29(34)21-33(25-11-7-22(2)8-12-25)40(36,37)28-17-15-27(39-5)16-18-28/h7-18,23H,6,19-21H2,1-5H3,(H,31,35). The molecule has 0 heterocycles. The van der Waals surface area contributed by atoms with Crippen molar-refractivity contribution in [2.24, 2.45) is 0 Å². The minimum atomic E-state index is -4.15. The van der Waals surface area contributed by atoms with Crippen molar-refractivity contribution in [2.45, 2.75) is 44.7 Å². The van der Waals surface area contributed by atoms with E-state index in [0.717, 1.165) is 21.9 Å². The number of rotatable bonds is 13. The molecule has 0 saturated heterocycles. The van der Waals surface area contributed by atoms with Crippen molar-refractivity contribution in [1.29, 1.82) is 0 Å². The van der Waals surface area contributed by atoms with Gasteiger partial charge in [-0.25, -0.2) is 8.42 Å². The summed E-state index contributed by atoms with van der Waals surface area (Å²) in [7, 11) is -1.09. The van der Waals surface area contributed by atoms with E-state index in [-0.39, 0.29) is 17.3 Å². The second kappa shape index (κ2) is 13.8. The lowest BCUT2D eigenvalue weighted by atomic mass is 10.1. The SMILES string of the molecule is CCCNC(=O)C(C)N(Cc1ccc(OC)cc1)C(=O)CN(c1ccc(C)cc1)S(=O)(=O)c1ccc(OC)cc1. The highest BCUT2D eigenvalue weighted by molar-refractivity contribution is 7.92. The molecule has 0 aromatic heterocycles. The number of methoxy groups -OCH3 is 2. The van der Waals surface area contributed by atoms with Gasteiger partial charge in [-0.3, -0.25) is 13.9 Å². The largest absolute Gasteiger partial charge is 0.497 e. The number of nitrogens with zero attached hydrogens (tertiary/aromatic N) is 2. The number of amides is 2. The first kappa shape index (κ1) is 30.5. The van der Waals surface area contributed by atoms with Crippen molar-refractivity contribution in [3.8, 4) is 11.5 Å². The normalized spacial score (nSPS) is 11.8. The lowest BCUT2D eigenvalue weighted by Gasteiger charge is -2.32. The predicted octanol–water partition coefficient (Wildman–Crippen LogP) is 4.15. The third kappa shape index (κ3) is 7.53. The maximum absolute atomic E-state index is 13.9. The summed E-state index contributed by atoms with van der Waals surface area (Å²) in [5.74, 6) is 0.331. The van der Waals surface area contributed by atoms with Crippen molar-refractivity contribution in [1.82, 2.24) is 10.2 Å². The molecule has 0 saturated carbocycles. The molecule has 1 unspecified atom stereocenters. The molecule has 0 fully saturated rings. The van der Waals surface area contributed by atoms with E-state index in [4.69, 9.17) is 9.47 Å². The molecule has 2 amide bonds. The van der Waals surface area contributed by atoms with E-state index in [1.165, 1.54) is 24.1 Å². The first-order valence-electron chi connectivity index (χ1n) is 13.0. The molecule has 0 radical (unpaired) electrons. The van der Waals surface area contributed by atoms with Gasteiger partial charge >= 0.3 is 0 Å². The Kier molecular flexibility index (Phi) is 10.6. The molecule has 0 aliphatic rings. The van der Waals surface area contributed by atoms with Crippen LogP contribution >= 0.6 is 0 Å². The zero-order valence-corrected chi connectivity index (χ0v) is 24.4. The smallest absolute Gasteiger partial charge is 0.264 e. The Bertz CT molecular complexity index is 1370. The molecule has 0 spiro atoms. The summed E-state index contributed by atoms with van der Waals surface area (Å²) in [6, 6.07) is 19.2. The van der Waals surface area contributed by atoms with Gasteiger partial charge in [0.1, 0.15) is 24.1 Å². The molecule has 3 aromatic rings. The summed E-state index contributed by atoms with van der Waals surface area (Å²) in [5.41, 5.74) is 2.05. The van der Waals surface area contributed by atoms with Gasteiger partial charge in [0.05, 0.1) is 24.8 Å². The van der Waals surface area contributed by atoms with Crippen molar-refractivity contribution >= 4 is 27.5 Å². The van der Waals surface area contributed by atoms with Gasteiger partial charge in [0.2, 0.25) is 11.8 Å². The van der Waals surface area contributed by atoms with Crippen molar-refractivity contribution < 1.29 is 27.5 Å². The molecule has 0 aliphatic heterocycles. The van der Waals surface area contributed by atoms with E-state index in [9.17, 15) is 18.0 Å². The number of hydrogen-bond donors (Lipinski definition) is 1. The molecule has 1 N–H and O–H groups in total. The minimum Gasteiger partial charge on any atom is -0.497 e. The second-order valence-corrected chi connectivity index (χ2v) is 11.2. The molecule has 10 heteroatoms. The Morgan fingerprint density at radius 2 is 1.43 bits per heavy atom. The highest BCUT2D eigenvalue weighted by atomic mass is 32.2. The Labute approximate surface area is 236 Å². The first-order valence-corrected chi connectivity index (χ1v) is 14.5. The molecule has 214 valence electrons. The van der Waals surface area contributed by atoms with Crippen LogP contribution in [0.4, 0.5) is 5.69 Å². The minimum absolute atomic E-state index is 0.0112. The van der Waals surface area contributed by atoms with Crippen LogP contribution < -0.4 is 19.1 Å². The van der Waals surface area contributed by atoms with Gasteiger partial charge in [-0.1, -0.05) is 36.8 Å². The molecular formula is C30H37N3O6S. The molecule has 9 nitrogen and oxygen atoms in total. The number of hydrogen-bond acceptors (Lipinski definition) is 6. The van der Waals surface area contributed by atoms with E-state index in [0.29, 0.717) is 23.7 Å². The summed E-state index contributed by atoms with van der Waals surface area (Å²) in [6.07, 6.45) is 0.742. The molecule has 40 heavy (non-hydrogen) atoms. The summed E-state index contributed by atoms with van der Waals surface area (Å²) in [6.45, 7) is 5.54.